The molecule has 1 heterocycles. The number of carbonyl (C=O) groups is 2. The van der Waals surface area contributed by atoms with Gasteiger partial charge in [0.2, 0.25) is 0 Å². The van der Waals surface area contributed by atoms with E-state index in [0.717, 1.165) is 28.1 Å². The van der Waals surface area contributed by atoms with Gasteiger partial charge in [-0.1, -0.05) is 44.2 Å². The number of hydrogen-bond acceptors (Lipinski definition) is 5. The van der Waals surface area contributed by atoms with Crippen molar-refractivity contribution < 1.29 is 14.3 Å². The van der Waals surface area contributed by atoms with Gasteiger partial charge in [-0.2, -0.15) is 11.8 Å². The maximum Gasteiger partial charge on any atom is 0.326 e. The third-order valence-corrected chi connectivity index (χ3v) is 5.06. The van der Waals surface area contributed by atoms with Gasteiger partial charge >= 0.3 is 5.97 Å². The Morgan fingerprint density at radius 1 is 1.14 bits per heavy atom. The van der Waals surface area contributed by atoms with E-state index in [2.05, 4.69) is 24.1 Å². The average molecular weight is 412 g/mol. The molecule has 0 radical (unpaired) electrons. The quantitative estimate of drug-likeness (QED) is 0.562. The molecule has 0 saturated heterocycles. The maximum absolute atomic E-state index is 12.4. The molecular formula is C22H25N3O3S. The zero-order chi connectivity index (χ0) is 20.8. The molecule has 7 heteroatoms. The van der Waals surface area contributed by atoms with Crippen LogP contribution in [-0.4, -0.2) is 34.3 Å². The number of esters is 1. The summed E-state index contributed by atoms with van der Waals surface area (Å²) in [5.74, 6) is 0.951. The lowest BCUT2D eigenvalue weighted by atomic mass is 10.0. The number of nitrogens with one attached hydrogen (secondary N) is 1. The zero-order valence-corrected chi connectivity index (χ0v) is 17.7. The molecule has 0 aliphatic carbocycles. The monoisotopic (exact) mass is 411 g/mol. The number of aromatic nitrogens is 2. The lowest BCUT2D eigenvalue weighted by Gasteiger charge is -2.14. The average Bonchev–Trinajstić information content (AvgIpc) is 3.04. The normalized spacial score (nSPS) is 11.0. The van der Waals surface area contributed by atoms with Crippen molar-refractivity contribution >= 4 is 40.4 Å². The maximum atomic E-state index is 12.4. The van der Waals surface area contributed by atoms with Gasteiger partial charge in [0.05, 0.1) is 16.8 Å². The number of fused-ring (bicyclic) bond motifs is 1. The first kappa shape index (κ1) is 20.9. The van der Waals surface area contributed by atoms with E-state index < -0.39 is 5.97 Å². The second kappa shape index (κ2) is 9.60. The van der Waals surface area contributed by atoms with Crippen LogP contribution in [0.2, 0.25) is 0 Å². The third kappa shape index (κ3) is 5.17. The minimum Gasteiger partial charge on any atom is -0.454 e. The van der Waals surface area contributed by atoms with Gasteiger partial charge in [0.25, 0.3) is 5.91 Å². The molecule has 0 fully saturated rings. The van der Waals surface area contributed by atoms with Crippen LogP contribution in [0.1, 0.15) is 31.2 Å². The zero-order valence-electron chi connectivity index (χ0n) is 16.8. The van der Waals surface area contributed by atoms with E-state index in [0.29, 0.717) is 5.75 Å². The van der Waals surface area contributed by atoms with E-state index in [1.807, 2.05) is 59.4 Å². The first-order valence-electron chi connectivity index (χ1n) is 9.47. The number of ether oxygens (including phenoxy) is 1. The molecule has 1 N–H and O–H groups in total. The number of benzene rings is 2. The van der Waals surface area contributed by atoms with Crippen LogP contribution >= 0.6 is 11.8 Å². The molecule has 29 heavy (non-hydrogen) atoms. The molecular weight excluding hydrogens is 386 g/mol. The van der Waals surface area contributed by atoms with Crippen molar-refractivity contribution in [2.45, 2.75) is 32.1 Å². The summed E-state index contributed by atoms with van der Waals surface area (Å²) in [5.41, 5.74) is 3.50. The smallest absolute Gasteiger partial charge is 0.326 e. The predicted molar refractivity (Wildman–Crippen MR) is 117 cm³/mol. The number of anilines is 1. The number of imidazole rings is 1. The second-order valence-electron chi connectivity index (χ2n) is 6.99. The highest BCUT2D eigenvalue weighted by atomic mass is 32.2. The van der Waals surface area contributed by atoms with Crippen molar-refractivity contribution in [2.24, 2.45) is 0 Å². The van der Waals surface area contributed by atoms with Crippen LogP contribution in [0.15, 0.2) is 48.5 Å². The lowest BCUT2D eigenvalue weighted by Crippen LogP contribution is -2.24. The van der Waals surface area contributed by atoms with Gasteiger partial charge in [0.15, 0.2) is 6.61 Å². The van der Waals surface area contributed by atoms with Gasteiger partial charge in [-0.05, 0) is 35.9 Å². The van der Waals surface area contributed by atoms with Crippen LogP contribution in [0.4, 0.5) is 5.69 Å². The topological polar surface area (TPSA) is 73.2 Å². The molecule has 0 aliphatic rings. The van der Waals surface area contributed by atoms with Crippen molar-refractivity contribution in [3.63, 3.8) is 0 Å². The minimum atomic E-state index is -0.470. The molecule has 0 unspecified atom stereocenters. The number of para-hydroxylation sites is 3. The summed E-state index contributed by atoms with van der Waals surface area (Å²) in [7, 11) is 0. The minimum absolute atomic E-state index is 0.0201. The SMILES string of the molecule is CSCc1nc2ccccc2n1CC(=O)OCC(=O)Nc1ccccc1C(C)C. The summed E-state index contributed by atoms with van der Waals surface area (Å²) < 4.78 is 7.07. The van der Waals surface area contributed by atoms with Gasteiger partial charge in [-0.15, -0.1) is 0 Å². The number of rotatable bonds is 8. The molecule has 0 atom stereocenters. The van der Waals surface area contributed by atoms with Crippen molar-refractivity contribution in [3.05, 3.63) is 59.9 Å². The summed E-state index contributed by atoms with van der Waals surface area (Å²) in [4.78, 5) is 29.2. The fraction of sp³-hybridized carbons (Fsp3) is 0.318. The molecule has 6 nitrogen and oxygen atoms in total. The van der Waals surface area contributed by atoms with Gasteiger partial charge in [0, 0.05) is 5.69 Å². The molecule has 152 valence electrons. The molecule has 3 rings (SSSR count). The standard InChI is InChI=1S/C22H25N3O3S/c1-15(2)16-8-4-5-9-17(16)24-21(26)13-28-22(27)12-25-19-11-7-6-10-18(19)23-20(25)14-29-3/h4-11,15H,12-14H2,1-3H3,(H,24,26). The van der Waals surface area contributed by atoms with Gasteiger partial charge < -0.3 is 14.6 Å². The molecule has 0 spiro atoms. The molecule has 0 bridgehead atoms. The second-order valence-corrected chi connectivity index (χ2v) is 7.85. The molecule has 1 aromatic heterocycles. The first-order chi connectivity index (χ1) is 14.0. The largest absolute Gasteiger partial charge is 0.454 e. The Labute approximate surface area is 174 Å². The van der Waals surface area contributed by atoms with Crippen LogP contribution in [0.25, 0.3) is 11.0 Å². The highest BCUT2D eigenvalue weighted by molar-refractivity contribution is 7.97. The highest BCUT2D eigenvalue weighted by Gasteiger charge is 2.16. The number of hydrogen-bond donors (Lipinski definition) is 1. The van der Waals surface area contributed by atoms with Crippen molar-refractivity contribution in [3.8, 4) is 0 Å². The van der Waals surface area contributed by atoms with Crippen LogP contribution in [0.3, 0.4) is 0 Å². The van der Waals surface area contributed by atoms with Gasteiger partial charge in [-0.3, -0.25) is 9.59 Å². The number of carbonyl (C=O) groups excluding carboxylic acids is 2. The van der Waals surface area contributed by atoms with E-state index >= 15 is 0 Å². The van der Waals surface area contributed by atoms with Crippen molar-refractivity contribution in [1.82, 2.24) is 9.55 Å². The first-order valence-corrected chi connectivity index (χ1v) is 10.9. The number of amides is 1. The molecule has 0 aliphatic heterocycles. The molecule has 1 amide bonds. The number of thioether (sulfide) groups is 1. The van der Waals surface area contributed by atoms with Crippen LogP contribution in [0, 0.1) is 0 Å². The predicted octanol–water partition coefficient (Wildman–Crippen LogP) is 4.20. The fourth-order valence-corrected chi connectivity index (χ4v) is 3.64. The summed E-state index contributed by atoms with van der Waals surface area (Å²) in [6, 6.07) is 15.3. The summed E-state index contributed by atoms with van der Waals surface area (Å²) in [6.45, 7) is 3.82. The van der Waals surface area contributed by atoms with E-state index in [4.69, 9.17) is 4.74 Å². The lowest BCUT2D eigenvalue weighted by molar-refractivity contribution is -0.147. The fourth-order valence-electron chi connectivity index (χ4n) is 3.16. The Morgan fingerprint density at radius 2 is 1.86 bits per heavy atom. The van der Waals surface area contributed by atoms with Gasteiger partial charge in [0.1, 0.15) is 12.4 Å². The van der Waals surface area contributed by atoms with Crippen molar-refractivity contribution in [1.29, 1.82) is 0 Å². The Kier molecular flexibility index (Phi) is 6.93. The van der Waals surface area contributed by atoms with Crippen LogP contribution < -0.4 is 5.32 Å². The molecule has 2 aromatic carbocycles. The number of nitrogens with zero attached hydrogens (tertiary/aromatic N) is 2. The molecule has 3 aromatic rings. The van der Waals surface area contributed by atoms with E-state index in [1.54, 1.807) is 11.8 Å². The van der Waals surface area contributed by atoms with Crippen LogP contribution in [-0.2, 0) is 26.6 Å². The van der Waals surface area contributed by atoms with E-state index in [-0.39, 0.29) is 25.0 Å². The highest BCUT2D eigenvalue weighted by Crippen LogP contribution is 2.23. The Balaban J connectivity index is 1.63. The van der Waals surface area contributed by atoms with E-state index in [1.165, 1.54) is 0 Å². The Morgan fingerprint density at radius 3 is 2.62 bits per heavy atom. The van der Waals surface area contributed by atoms with Crippen LogP contribution in [0.5, 0.6) is 0 Å². The van der Waals surface area contributed by atoms with Crippen molar-refractivity contribution in [2.75, 3.05) is 18.2 Å². The summed E-state index contributed by atoms with van der Waals surface area (Å²) in [5, 5.41) is 2.83. The van der Waals surface area contributed by atoms with Gasteiger partial charge in [-0.25, -0.2) is 4.98 Å². The van der Waals surface area contributed by atoms with E-state index in [9.17, 15) is 9.59 Å². The third-order valence-electron chi connectivity index (χ3n) is 4.52. The molecule has 0 saturated carbocycles. The summed E-state index contributed by atoms with van der Waals surface area (Å²) in [6.07, 6.45) is 1.99. The Hall–Kier alpha value is -2.80. The summed E-state index contributed by atoms with van der Waals surface area (Å²) >= 11 is 1.63. The Bertz CT molecular complexity index is 1010.